The summed E-state index contributed by atoms with van der Waals surface area (Å²) in [7, 11) is 2.89. The van der Waals surface area contributed by atoms with E-state index >= 15 is 0 Å². The summed E-state index contributed by atoms with van der Waals surface area (Å²) in [5.41, 5.74) is 1.45. The fourth-order valence-corrected chi connectivity index (χ4v) is 3.28. The average molecular weight is 408 g/mol. The first kappa shape index (κ1) is 20.5. The quantitative estimate of drug-likeness (QED) is 0.794. The highest BCUT2D eigenvalue weighted by Crippen LogP contribution is 2.35. The lowest BCUT2D eigenvalue weighted by molar-refractivity contribution is -0.134. The van der Waals surface area contributed by atoms with E-state index in [0.29, 0.717) is 11.1 Å². The lowest BCUT2D eigenvalue weighted by atomic mass is 9.89. The van der Waals surface area contributed by atoms with Gasteiger partial charge in [-0.25, -0.2) is 4.39 Å². The second kappa shape index (κ2) is 8.42. The molecule has 0 radical (unpaired) electrons. The maximum atomic E-state index is 13.5. The van der Waals surface area contributed by atoms with Gasteiger partial charge in [0.15, 0.2) is 11.5 Å². The molecule has 9 heteroatoms. The van der Waals surface area contributed by atoms with E-state index in [9.17, 15) is 22.8 Å². The molecule has 29 heavy (non-hydrogen) atoms. The van der Waals surface area contributed by atoms with Crippen molar-refractivity contribution >= 4 is 17.5 Å². The number of rotatable bonds is 6. The minimum Gasteiger partial charge on any atom is -0.493 e. The van der Waals surface area contributed by atoms with E-state index in [1.807, 2.05) is 0 Å². The summed E-state index contributed by atoms with van der Waals surface area (Å²) >= 11 is 0. The number of hydrogen-bond acceptors (Lipinski definition) is 4. The van der Waals surface area contributed by atoms with Gasteiger partial charge in [-0.05, 0) is 35.4 Å². The summed E-state index contributed by atoms with van der Waals surface area (Å²) in [6.45, 7) is -2.83. The molecule has 1 atom stereocenters. The number of nitrogens with zero attached hydrogens (tertiary/aromatic N) is 1. The Morgan fingerprint density at radius 1 is 1.24 bits per heavy atom. The van der Waals surface area contributed by atoms with Crippen molar-refractivity contribution in [1.82, 2.24) is 4.90 Å². The highest BCUT2D eigenvalue weighted by molar-refractivity contribution is 6.01. The SMILES string of the molecule is COc1cc(CN(C)C(=O)C2CC(=O)Nc3cc(F)ccc32)ccc1OC(F)F. The Balaban J connectivity index is 1.78. The van der Waals surface area contributed by atoms with Crippen molar-refractivity contribution in [3.8, 4) is 11.5 Å². The first-order valence-electron chi connectivity index (χ1n) is 8.74. The van der Waals surface area contributed by atoms with Gasteiger partial charge in [-0.3, -0.25) is 9.59 Å². The number of methoxy groups -OCH3 is 1. The third-order valence-corrected chi connectivity index (χ3v) is 4.59. The van der Waals surface area contributed by atoms with Gasteiger partial charge in [0.1, 0.15) is 5.82 Å². The molecule has 0 saturated heterocycles. The predicted molar refractivity (Wildman–Crippen MR) is 98.5 cm³/mol. The molecule has 1 aliphatic rings. The molecule has 2 amide bonds. The van der Waals surface area contributed by atoms with Crippen molar-refractivity contribution in [3.05, 3.63) is 53.3 Å². The number of carbonyl (C=O) groups is 2. The highest BCUT2D eigenvalue weighted by atomic mass is 19.3. The largest absolute Gasteiger partial charge is 0.493 e. The molecule has 1 aliphatic heterocycles. The van der Waals surface area contributed by atoms with Crippen LogP contribution in [0.3, 0.4) is 0 Å². The normalized spacial score (nSPS) is 15.5. The maximum Gasteiger partial charge on any atom is 0.387 e. The third-order valence-electron chi connectivity index (χ3n) is 4.59. The van der Waals surface area contributed by atoms with Crippen LogP contribution in [0, 0.1) is 5.82 Å². The van der Waals surface area contributed by atoms with Crippen molar-refractivity contribution in [2.45, 2.75) is 25.5 Å². The number of nitrogens with one attached hydrogen (secondary N) is 1. The predicted octanol–water partition coefficient (Wildman–Crippen LogP) is 3.52. The molecule has 1 heterocycles. The van der Waals surface area contributed by atoms with Gasteiger partial charge in [0.05, 0.1) is 13.0 Å². The summed E-state index contributed by atoms with van der Waals surface area (Å²) in [5, 5.41) is 2.57. The topological polar surface area (TPSA) is 67.9 Å². The van der Waals surface area contributed by atoms with E-state index in [0.717, 1.165) is 0 Å². The lowest BCUT2D eigenvalue weighted by Crippen LogP contribution is -2.36. The number of hydrogen-bond donors (Lipinski definition) is 1. The molecule has 1 N–H and O–H groups in total. The minimum atomic E-state index is -2.98. The number of carbonyl (C=O) groups excluding carboxylic acids is 2. The number of fused-ring (bicyclic) bond motifs is 1. The van der Waals surface area contributed by atoms with Crippen molar-refractivity contribution < 1.29 is 32.2 Å². The van der Waals surface area contributed by atoms with Crippen LogP contribution < -0.4 is 14.8 Å². The van der Waals surface area contributed by atoms with Gasteiger partial charge >= 0.3 is 6.61 Å². The number of halogens is 3. The summed E-state index contributed by atoms with van der Waals surface area (Å²) in [6, 6.07) is 8.28. The number of alkyl halides is 2. The average Bonchev–Trinajstić information content (AvgIpc) is 2.67. The number of anilines is 1. The van der Waals surface area contributed by atoms with Crippen molar-refractivity contribution in [3.63, 3.8) is 0 Å². The lowest BCUT2D eigenvalue weighted by Gasteiger charge is -2.28. The Morgan fingerprint density at radius 3 is 2.69 bits per heavy atom. The van der Waals surface area contributed by atoms with Gasteiger partial charge in [0.25, 0.3) is 0 Å². The molecular formula is C20H19F3N2O4. The van der Waals surface area contributed by atoms with Crippen LogP contribution >= 0.6 is 0 Å². The summed E-state index contributed by atoms with van der Waals surface area (Å²) in [5.74, 6) is -1.94. The Bertz CT molecular complexity index is 936. The molecular weight excluding hydrogens is 389 g/mol. The van der Waals surface area contributed by atoms with Crippen LogP contribution in [0.5, 0.6) is 11.5 Å². The van der Waals surface area contributed by atoms with Crippen LogP contribution in [-0.2, 0) is 16.1 Å². The van der Waals surface area contributed by atoms with Crippen molar-refractivity contribution in [2.24, 2.45) is 0 Å². The zero-order chi connectivity index (χ0) is 21.1. The second-order valence-corrected chi connectivity index (χ2v) is 6.59. The van der Waals surface area contributed by atoms with Gasteiger partial charge in [0, 0.05) is 25.7 Å². The molecule has 0 saturated carbocycles. The van der Waals surface area contributed by atoms with E-state index in [-0.39, 0.29) is 42.0 Å². The van der Waals surface area contributed by atoms with E-state index in [1.165, 1.54) is 42.3 Å². The fraction of sp³-hybridized carbons (Fsp3) is 0.300. The monoisotopic (exact) mass is 408 g/mol. The van der Waals surface area contributed by atoms with Gasteiger partial charge < -0.3 is 19.7 Å². The van der Waals surface area contributed by atoms with Gasteiger partial charge in [-0.1, -0.05) is 12.1 Å². The Hall–Kier alpha value is -3.23. The molecule has 154 valence electrons. The molecule has 0 aromatic heterocycles. The zero-order valence-electron chi connectivity index (χ0n) is 15.7. The number of amides is 2. The molecule has 1 unspecified atom stereocenters. The number of likely N-dealkylation sites (N-methyl/N-ethyl adjacent to an activating group) is 1. The van der Waals surface area contributed by atoms with E-state index in [4.69, 9.17) is 4.74 Å². The molecule has 0 aliphatic carbocycles. The van der Waals surface area contributed by atoms with Gasteiger partial charge in [-0.2, -0.15) is 8.78 Å². The van der Waals surface area contributed by atoms with Crippen LogP contribution in [0.2, 0.25) is 0 Å². The van der Waals surface area contributed by atoms with Crippen molar-refractivity contribution in [1.29, 1.82) is 0 Å². The summed E-state index contributed by atoms with van der Waals surface area (Å²) < 4.78 is 47.8. The van der Waals surface area contributed by atoms with Crippen molar-refractivity contribution in [2.75, 3.05) is 19.5 Å². The van der Waals surface area contributed by atoms with Crippen LogP contribution in [0.25, 0.3) is 0 Å². The van der Waals surface area contributed by atoms with E-state index in [2.05, 4.69) is 10.1 Å². The van der Waals surface area contributed by atoms with Gasteiger partial charge in [-0.15, -0.1) is 0 Å². The molecule has 0 spiro atoms. The minimum absolute atomic E-state index is 0.0493. The number of ether oxygens (including phenoxy) is 2. The third kappa shape index (κ3) is 4.61. The van der Waals surface area contributed by atoms with E-state index < -0.39 is 18.3 Å². The highest BCUT2D eigenvalue weighted by Gasteiger charge is 2.32. The second-order valence-electron chi connectivity index (χ2n) is 6.59. The van der Waals surface area contributed by atoms with Crippen LogP contribution in [0.15, 0.2) is 36.4 Å². The molecule has 0 bridgehead atoms. The molecule has 2 aromatic rings. The maximum absolute atomic E-state index is 13.5. The molecule has 2 aromatic carbocycles. The molecule has 3 rings (SSSR count). The number of benzene rings is 2. The smallest absolute Gasteiger partial charge is 0.387 e. The van der Waals surface area contributed by atoms with Crippen LogP contribution in [0.1, 0.15) is 23.5 Å². The van der Waals surface area contributed by atoms with Crippen LogP contribution in [0.4, 0.5) is 18.9 Å². The molecule has 0 fully saturated rings. The van der Waals surface area contributed by atoms with Gasteiger partial charge in [0.2, 0.25) is 11.8 Å². The first-order valence-corrected chi connectivity index (χ1v) is 8.74. The first-order chi connectivity index (χ1) is 13.8. The van der Waals surface area contributed by atoms with Crippen LogP contribution in [-0.4, -0.2) is 37.5 Å². The zero-order valence-corrected chi connectivity index (χ0v) is 15.7. The molecule has 6 nitrogen and oxygen atoms in total. The standard InChI is InChI=1S/C20H19F3N2O4/c1-25(10-11-3-6-16(29-20(22)23)17(7-11)28-2)19(27)14-9-18(26)24-15-8-12(21)4-5-13(14)15/h3-8,14,20H,9-10H2,1-2H3,(H,24,26). The summed E-state index contributed by atoms with van der Waals surface area (Å²) in [6.07, 6.45) is -0.0493. The summed E-state index contributed by atoms with van der Waals surface area (Å²) in [4.78, 5) is 26.3. The Labute approximate surface area is 165 Å². The van der Waals surface area contributed by atoms with E-state index in [1.54, 1.807) is 13.1 Å². The fourth-order valence-electron chi connectivity index (χ4n) is 3.28. The Kier molecular flexibility index (Phi) is 5.95. The Morgan fingerprint density at radius 2 is 2.00 bits per heavy atom.